The highest BCUT2D eigenvalue weighted by molar-refractivity contribution is 8.03. The van der Waals surface area contributed by atoms with E-state index in [0.29, 0.717) is 98.2 Å². The quantitative estimate of drug-likeness (QED) is 0.0251. The number of nitrogens with two attached hydrogens (primary N) is 8. The second kappa shape index (κ2) is 27.6. The maximum absolute atomic E-state index is 6.10. The van der Waals surface area contributed by atoms with Crippen LogP contribution in [0.3, 0.4) is 0 Å². The monoisotopic (exact) mass is 1310 g/mol. The van der Waals surface area contributed by atoms with Crippen molar-refractivity contribution in [3.05, 3.63) is 97.1 Å². The van der Waals surface area contributed by atoms with Gasteiger partial charge < -0.3 is 55.8 Å². The van der Waals surface area contributed by atoms with E-state index in [0.717, 1.165) is 172 Å². The number of fused-ring (bicyclic) bond motifs is 24. The Morgan fingerprint density at radius 1 is 0.227 bits per heavy atom. The molecule has 0 saturated heterocycles. The zero-order valence-electron chi connectivity index (χ0n) is 48.1. The van der Waals surface area contributed by atoms with Crippen molar-refractivity contribution in [2.24, 2.45) is 45.9 Å². The number of benzene rings is 8. The molecule has 0 unspecified atom stereocenters. The number of thioether (sulfide) groups is 8. The van der Waals surface area contributed by atoms with Gasteiger partial charge in [-0.3, -0.25) is 0 Å². The topological polar surface area (TPSA) is 317 Å². The molecule has 0 radical (unpaired) electrons. The predicted octanol–water partition coefficient (Wildman–Crippen LogP) is 11.9. The van der Waals surface area contributed by atoms with Gasteiger partial charge in [-0.2, -0.15) is 0 Å². The molecule has 2 aliphatic rings. The van der Waals surface area contributed by atoms with E-state index in [1.165, 1.54) is 0 Å². The highest BCUT2D eigenvalue weighted by atomic mass is 32.2. The van der Waals surface area contributed by atoms with Crippen molar-refractivity contribution in [1.29, 1.82) is 0 Å². The van der Waals surface area contributed by atoms with Gasteiger partial charge >= 0.3 is 0 Å². The van der Waals surface area contributed by atoms with Crippen LogP contribution in [0.2, 0.25) is 0 Å². The maximum Gasteiger partial charge on any atom is 0.164 e. The molecule has 11 aromatic rings. The van der Waals surface area contributed by atoms with E-state index in [1.807, 2.05) is 0 Å². The molecule has 0 fully saturated rings. The van der Waals surface area contributed by atoms with Gasteiger partial charge in [0.25, 0.3) is 0 Å². The maximum atomic E-state index is 6.10. The summed E-state index contributed by atoms with van der Waals surface area (Å²) in [5.74, 6) is 8.29. The third-order valence-electron chi connectivity index (χ3n) is 14.9. The van der Waals surface area contributed by atoms with Crippen LogP contribution in [0.5, 0.6) is 0 Å². The van der Waals surface area contributed by atoms with Crippen LogP contribution in [0.4, 0.5) is 0 Å². The van der Waals surface area contributed by atoms with Crippen molar-refractivity contribution >= 4 is 181 Å². The number of hydrogen-bond acceptors (Lipinski definition) is 22. The Morgan fingerprint density at radius 3 is 0.568 bits per heavy atom. The Balaban J connectivity index is 1.15. The van der Waals surface area contributed by atoms with Crippen LogP contribution in [-0.4, -0.2) is 138 Å². The molecule has 18 N–H and O–H groups in total. The molecule has 0 spiro atoms. The molecular formula is C64H66N16S8. The first-order chi connectivity index (χ1) is 43.2. The lowest BCUT2D eigenvalue weighted by molar-refractivity contribution is 1.13. The Labute approximate surface area is 542 Å². The van der Waals surface area contributed by atoms with Gasteiger partial charge in [-0.1, -0.05) is 0 Å². The Bertz CT molecular complexity index is 4120. The number of hydrogen-bond donors (Lipinski definition) is 10. The minimum atomic E-state index is 0.510. The van der Waals surface area contributed by atoms with Crippen molar-refractivity contribution in [2.75, 3.05) is 98.4 Å². The molecule has 88 heavy (non-hydrogen) atoms. The summed E-state index contributed by atoms with van der Waals surface area (Å²) in [5.41, 5.74) is 54.6. The first kappa shape index (κ1) is 61.5. The number of nitrogens with one attached hydrogen (secondary N) is 2. The summed E-state index contributed by atoms with van der Waals surface area (Å²) in [6.07, 6.45) is 0. The summed E-state index contributed by atoms with van der Waals surface area (Å²) >= 11 is 14.1. The fourth-order valence-corrected chi connectivity index (χ4v) is 18.5. The summed E-state index contributed by atoms with van der Waals surface area (Å²) in [5, 5.41) is 11.9. The average Bonchev–Trinajstić information content (AvgIpc) is 2.11. The Hall–Kier alpha value is -5.36. The van der Waals surface area contributed by atoms with Gasteiger partial charge in [-0.05, 0) is 140 Å². The second-order valence-corrected chi connectivity index (χ2v) is 30.0. The molecule has 13 rings (SSSR count). The molecule has 24 heteroatoms. The molecule has 3 aromatic heterocycles. The van der Waals surface area contributed by atoms with Gasteiger partial charge in [-0.15, -0.1) is 94.1 Å². The van der Waals surface area contributed by atoms with E-state index < -0.39 is 0 Å². The third-order valence-corrected chi connectivity index (χ3v) is 24.1. The Morgan fingerprint density at radius 2 is 0.398 bits per heavy atom. The molecule has 0 aliphatic carbocycles. The van der Waals surface area contributed by atoms with E-state index in [2.05, 4.69) is 107 Å². The van der Waals surface area contributed by atoms with Gasteiger partial charge in [-0.25, -0.2) is 29.9 Å². The smallest absolute Gasteiger partial charge is 0.164 e. The normalized spacial score (nSPS) is 12.3. The molecule has 5 heterocycles. The highest BCUT2D eigenvalue weighted by Gasteiger charge is 2.26. The molecule has 0 amide bonds. The number of aromatic amines is 2. The molecule has 0 atom stereocenters. The zero-order valence-corrected chi connectivity index (χ0v) is 54.7. The van der Waals surface area contributed by atoms with Crippen molar-refractivity contribution < 1.29 is 0 Å². The second-order valence-electron chi connectivity index (χ2n) is 20.9. The van der Waals surface area contributed by atoms with Gasteiger partial charge in [0.2, 0.25) is 0 Å². The number of nitrogens with zero attached hydrogens (tertiary/aromatic N) is 6. The molecule has 8 aromatic carbocycles. The van der Waals surface area contributed by atoms with Gasteiger partial charge in [0.05, 0.1) is 0 Å². The fraction of sp³-hybridized carbons (Fsp3) is 0.250. The van der Waals surface area contributed by atoms with Crippen molar-refractivity contribution in [3.8, 4) is 45.6 Å². The third kappa shape index (κ3) is 12.5. The summed E-state index contributed by atoms with van der Waals surface area (Å²) in [6.45, 7) is 4.47. The van der Waals surface area contributed by atoms with Crippen LogP contribution < -0.4 is 45.9 Å². The number of rotatable bonds is 24. The minimum Gasteiger partial charge on any atom is -0.330 e. The van der Waals surface area contributed by atoms with Crippen molar-refractivity contribution in [2.45, 2.75) is 39.2 Å². The van der Waals surface area contributed by atoms with Gasteiger partial charge in [0.1, 0.15) is 22.6 Å². The van der Waals surface area contributed by atoms with E-state index in [4.69, 9.17) is 75.8 Å². The molecular weight excluding hydrogens is 1250 g/mol. The predicted molar refractivity (Wildman–Crippen MR) is 384 cm³/mol. The van der Waals surface area contributed by atoms with Crippen molar-refractivity contribution in [1.82, 2.24) is 39.9 Å². The van der Waals surface area contributed by atoms with Crippen LogP contribution in [0.25, 0.3) is 133 Å². The van der Waals surface area contributed by atoms with Gasteiger partial charge in [0, 0.05) is 181 Å². The van der Waals surface area contributed by atoms with Crippen LogP contribution in [-0.2, 0) is 0 Å². The SMILES string of the molecule is NCCSc1cc2cc3c(cc2cc1SCCN)-c1nc-3nc2[nH]c(nc3nc(nc4[nH]c(n1)c1cc5cc(SCCN)c(SCCN)cc5cc41)-c1cc4cc(SCCN)c(SCCN)cc4cc1-3)c1cc3cc(SCCN)c(SCCN)cc3cc21. The zero-order chi connectivity index (χ0) is 60.4. The lowest BCUT2D eigenvalue weighted by Gasteiger charge is -2.12. The van der Waals surface area contributed by atoms with Crippen molar-refractivity contribution in [3.63, 3.8) is 0 Å². The van der Waals surface area contributed by atoms with E-state index in [-0.39, 0.29) is 0 Å². The number of aromatic nitrogens is 8. The molecule has 0 saturated carbocycles. The van der Waals surface area contributed by atoms with Gasteiger partial charge in [0.15, 0.2) is 23.3 Å². The van der Waals surface area contributed by atoms with E-state index in [1.54, 1.807) is 94.1 Å². The minimum absolute atomic E-state index is 0.510. The van der Waals surface area contributed by atoms with Crippen LogP contribution in [0.1, 0.15) is 0 Å². The summed E-state index contributed by atoms with van der Waals surface area (Å²) < 4.78 is 0. The fourth-order valence-electron chi connectivity index (χ4n) is 11.1. The highest BCUT2D eigenvalue weighted by Crippen LogP contribution is 2.46. The summed E-state index contributed by atoms with van der Waals surface area (Å²) in [4.78, 5) is 49.9. The van der Waals surface area contributed by atoms with E-state index >= 15 is 0 Å². The molecule has 16 nitrogen and oxygen atoms in total. The summed E-state index contributed by atoms with van der Waals surface area (Å²) in [7, 11) is 0. The van der Waals surface area contributed by atoms with Crippen LogP contribution in [0.15, 0.2) is 136 Å². The molecule has 450 valence electrons. The first-order valence-electron chi connectivity index (χ1n) is 29.1. The largest absolute Gasteiger partial charge is 0.330 e. The lowest BCUT2D eigenvalue weighted by Crippen LogP contribution is -2.02. The summed E-state index contributed by atoms with van der Waals surface area (Å²) in [6, 6.07) is 35.8. The Kier molecular flexibility index (Phi) is 19.3. The molecule has 8 bridgehead atoms. The van der Waals surface area contributed by atoms with Crippen LogP contribution in [0, 0.1) is 0 Å². The lowest BCUT2D eigenvalue weighted by atomic mass is 10.0. The molecule has 2 aliphatic heterocycles. The first-order valence-corrected chi connectivity index (χ1v) is 37.0. The average molecular weight is 1320 g/mol. The standard InChI is InChI=1S/C64H66N16S8/c65-1-9-81-49-25-33-17-41-42(18-34(33)26-50(49)82-10-2-66)58-73-57(41)77-59-43-19-35-27-51(83-11-3-67)52(84-12-4-68)28-36(35)20-44(43)61(74-59)79-63-47-23-39-31-55(87-15-7-71)56(88-16-8-72)32-40(39)24-48(47)64(76-63)80-62-46-22-38-30-54(86-14-6-70)53(85-13-5-69)29-37(38)21-45(46)60(75-62)78-58/h17-32H,1-16,65-72H2,(H2,73,74,75,76,77,78,79,80). The van der Waals surface area contributed by atoms with Crippen LogP contribution >= 0.6 is 94.1 Å². The van der Waals surface area contributed by atoms with E-state index in [9.17, 15) is 0 Å². The number of H-pyrrole nitrogens is 2.